The second kappa shape index (κ2) is 10.1. The van der Waals surface area contributed by atoms with Gasteiger partial charge in [0.15, 0.2) is 0 Å². The number of benzene rings is 2. The van der Waals surface area contributed by atoms with Crippen molar-refractivity contribution in [3.05, 3.63) is 81.5 Å². The van der Waals surface area contributed by atoms with Gasteiger partial charge >= 0.3 is 5.63 Å². The van der Waals surface area contributed by atoms with Crippen LogP contribution in [-0.4, -0.2) is 47.6 Å². The lowest BCUT2D eigenvalue weighted by Gasteiger charge is -2.34. The van der Waals surface area contributed by atoms with E-state index >= 15 is 0 Å². The molecule has 1 aliphatic heterocycles. The summed E-state index contributed by atoms with van der Waals surface area (Å²) in [6, 6.07) is 15.5. The molecule has 1 fully saturated rings. The average molecular weight is 474 g/mol. The Bertz CT molecular complexity index is 1380. The van der Waals surface area contributed by atoms with Crippen LogP contribution in [0.25, 0.3) is 22.4 Å². The Hall–Kier alpha value is -3.42. The Labute approximate surface area is 204 Å². The second-order valence-electron chi connectivity index (χ2n) is 9.13. The molecule has 0 saturated carbocycles. The highest BCUT2D eigenvalue weighted by molar-refractivity contribution is 5.81. The van der Waals surface area contributed by atoms with Gasteiger partial charge < -0.3 is 13.6 Å². The third kappa shape index (κ3) is 5.31. The minimum Gasteiger partial charge on any atom is -0.494 e. The number of hydrogen-bond donors (Lipinski definition) is 0. The van der Waals surface area contributed by atoms with Gasteiger partial charge in [0.05, 0.1) is 12.3 Å². The molecule has 1 saturated heterocycles. The van der Waals surface area contributed by atoms with E-state index in [2.05, 4.69) is 28.9 Å². The largest absolute Gasteiger partial charge is 0.494 e. The average Bonchev–Trinajstić information content (AvgIpc) is 3.21. The van der Waals surface area contributed by atoms with Crippen molar-refractivity contribution in [1.29, 1.82) is 0 Å². The smallest absolute Gasteiger partial charge is 0.336 e. The van der Waals surface area contributed by atoms with Crippen LogP contribution in [0.1, 0.15) is 29.5 Å². The van der Waals surface area contributed by atoms with Crippen molar-refractivity contribution < 1.29 is 13.6 Å². The van der Waals surface area contributed by atoms with Gasteiger partial charge in [-0.15, -0.1) is 0 Å². The molecule has 182 valence electrons. The molecule has 0 bridgehead atoms. The zero-order valence-electron chi connectivity index (χ0n) is 20.5. The van der Waals surface area contributed by atoms with E-state index in [1.807, 2.05) is 44.2 Å². The van der Waals surface area contributed by atoms with E-state index in [1.165, 1.54) is 5.56 Å². The molecule has 5 rings (SSSR count). The first kappa shape index (κ1) is 23.3. The highest BCUT2D eigenvalue weighted by Crippen LogP contribution is 2.26. The zero-order valence-corrected chi connectivity index (χ0v) is 20.5. The fraction of sp³-hybridized carbons (Fsp3) is 0.357. The van der Waals surface area contributed by atoms with E-state index in [0.717, 1.165) is 66.4 Å². The van der Waals surface area contributed by atoms with Gasteiger partial charge in [0.1, 0.15) is 17.1 Å². The number of ether oxygens (including phenoxy) is 1. The first-order valence-electron chi connectivity index (χ1n) is 12.2. The van der Waals surface area contributed by atoms with Crippen molar-refractivity contribution in [3.63, 3.8) is 0 Å². The van der Waals surface area contributed by atoms with Gasteiger partial charge in [-0.05, 0) is 56.7 Å². The molecule has 4 aromatic rings. The summed E-state index contributed by atoms with van der Waals surface area (Å²) in [4.78, 5) is 21.7. The van der Waals surface area contributed by atoms with E-state index in [9.17, 15) is 4.79 Å². The molecule has 7 nitrogen and oxygen atoms in total. The van der Waals surface area contributed by atoms with E-state index in [4.69, 9.17) is 18.6 Å². The van der Waals surface area contributed by atoms with Crippen LogP contribution in [-0.2, 0) is 13.1 Å². The van der Waals surface area contributed by atoms with Crippen molar-refractivity contribution in [2.45, 2.75) is 33.9 Å². The van der Waals surface area contributed by atoms with Gasteiger partial charge in [0.25, 0.3) is 0 Å². The number of piperazine rings is 1. The van der Waals surface area contributed by atoms with Crippen molar-refractivity contribution in [1.82, 2.24) is 14.8 Å². The fourth-order valence-corrected chi connectivity index (χ4v) is 4.63. The lowest BCUT2D eigenvalue weighted by Crippen LogP contribution is -2.45. The highest BCUT2D eigenvalue weighted by Gasteiger charge is 2.21. The predicted octanol–water partition coefficient (Wildman–Crippen LogP) is 4.78. The molecule has 0 spiro atoms. The summed E-state index contributed by atoms with van der Waals surface area (Å²) in [5.74, 6) is 2.34. The number of nitrogens with zero attached hydrogens (tertiary/aromatic N) is 3. The van der Waals surface area contributed by atoms with Crippen LogP contribution in [0, 0.1) is 13.8 Å². The quantitative estimate of drug-likeness (QED) is 0.358. The van der Waals surface area contributed by atoms with Crippen LogP contribution in [0.5, 0.6) is 5.75 Å². The Morgan fingerprint density at radius 2 is 1.71 bits per heavy atom. The van der Waals surface area contributed by atoms with E-state index in [-0.39, 0.29) is 5.63 Å². The number of fused-ring (bicyclic) bond motifs is 1. The first-order chi connectivity index (χ1) is 17.0. The number of rotatable bonds is 7. The van der Waals surface area contributed by atoms with Gasteiger partial charge in [-0.3, -0.25) is 9.80 Å². The standard InChI is InChI=1S/C28H31N3O4/c1-4-33-23-8-9-26-24(16-23)22(15-27(32)35-26)17-30-10-12-31(13-11-30)18-25-20(3)34-28(29-25)21-7-5-6-19(2)14-21/h5-9,14-16H,4,10-13,17-18H2,1-3H3. The highest BCUT2D eigenvalue weighted by atomic mass is 16.5. The number of aromatic nitrogens is 1. The van der Waals surface area contributed by atoms with Crippen LogP contribution >= 0.6 is 0 Å². The van der Waals surface area contributed by atoms with Crippen LogP contribution in [0.15, 0.2) is 62.2 Å². The second-order valence-corrected chi connectivity index (χ2v) is 9.13. The van der Waals surface area contributed by atoms with Gasteiger partial charge in [-0.1, -0.05) is 17.7 Å². The molecule has 0 amide bonds. The maximum atomic E-state index is 12.1. The van der Waals surface area contributed by atoms with Crippen molar-refractivity contribution in [2.24, 2.45) is 0 Å². The molecule has 35 heavy (non-hydrogen) atoms. The molecule has 0 unspecified atom stereocenters. The number of aryl methyl sites for hydroxylation is 2. The maximum Gasteiger partial charge on any atom is 0.336 e. The fourth-order valence-electron chi connectivity index (χ4n) is 4.63. The van der Waals surface area contributed by atoms with Crippen LogP contribution in [0.2, 0.25) is 0 Å². The van der Waals surface area contributed by atoms with E-state index in [1.54, 1.807) is 6.07 Å². The minimum absolute atomic E-state index is 0.318. The lowest BCUT2D eigenvalue weighted by atomic mass is 10.1. The third-order valence-electron chi connectivity index (χ3n) is 6.50. The third-order valence-corrected chi connectivity index (χ3v) is 6.50. The molecule has 0 atom stereocenters. The maximum absolute atomic E-state index is 12.1. The van der Waals surface area contributed by atoms with E-state index < -0.39 is 0 Å². The summed E-state index contributed by atoms with van der Waals surface area (Å²) >= 11 is 0. The van der Waals surface area contributed by atoms with Crippen molar-refractivity contribution in [3.8, 4) is 17.2 Å². The number of hydrogen-bond acceptors (Lipinski definition) is 7. The summed E-state index contributed by atoms with van der Waals surface area (Å²) in [6.07, 6.45) is 0. The Morgan fingerprint density at radius 1 is 0.943 bits per heavy atom. The molecule has 0 aliphatic carbocycles. The summed E-state index contributed by atoms with van der Waals surface area (Å²) in [5.41, 5.74) is 4.44. The zero-order chi connectivity index (χ0) is 24.4. The normalized spacial score (nSPS) is 15.1. The van der Waals surface area contributed by atoms with Crippen LogP contribution < -0.4 is 10.4 Å². The first-order valence-corrected chi connectivity index (χ1v) is 12.2. The molecule has 0 N–H and O–H groups in total. The topological polar surface area (TPSA) is 72.0 Å². The van der Waals surface area contributed by atoms with Crippen molar-refractivity contribution >= 4 is 11.0 Å². The summed E-state index contributed by atoms with van der Waals surface area (Å²) in [6.45, 7) is 11.8. The lowest BCUT2D eigenvalue weighted by molar-refractivity contribution is 0.121. The molecule has 0 radical (unpaired) electrons. The predicted molar refractivity (Wildman–Crippen MR) is 136 cm³/mol. The Kier molecular flexibility index (Phi) is 6.70. The molecular weight excluding hydrogens is 442 g/mol. The van der Waals surface area contributed by atoms with Gasteiger partial charge in [-0.25, -0.2) is 9.78 Å². The minimum atomic E-state index is -0.318. The summed E-state index contributed by atoms with van der Waals surface area (Å²) in [7, 11) is 0. The summed E-state index contributed by atoms with van der Waals surface area (Å²) < 4.78 is 17.0. The molecule has 7 heteroatoms. The SMILES string of the molecule is CCOc1ccc2oc(=O)cc(CN3CCN(Cc4nc(-c5cccc(C)c5)oc4C)CC3)c2c1. The molecule has 3 heterocycles. The van der Waals surface area contributed by atoms with Crippen molar-refractivity contribution in [2.75, 3.05) is 32.8 Å². The number of oxazole rings is 1. The van der Waals surface area contributed by atoms with Gasteiger partial charge in [0, 0.05) is 56.3 Å². The van der Waals surface area contributed by atoms with Crippen LogP contribution in [0.4, 0.5) is 0 Å². The molecule has 1 aliphatic rings. The van der Waals surface area contributed by atoms with Gasteiger partial charge in [-0.2, -0.15) is 0 Å². The molecular formula is C28H31N3O4. The summed E-state index contributed by atoms with van der Waals surface area (Å²) in [5, 5.41) is 0.930. The molecule has 2 aromatic heterocycles. The van der Waals surface area contributed by atoms with E-state index in [0.29, 0.717) is 24.6 Å². The molecule has 2 aromatic carbocycles. The Morgan fingerprint density at radius 3 is 2.46 bits per heavy atom. The van der Waals surface area contributed by atoms with Gasteiger partial charge in [0.2, 0.25) is 5.89 Å². The Balaban J connectivity index is 1.24. The van der Waals surface area contributed by atoms with Crippen LogP contribution in [0.3, 0.4) is 0 Å². The monoisotopic (exact) mass is 473 g/mol.